The fourth-order valence-electron chi connectivity index (χ4n) is 1.98. The van der Waals surface area contributed by atoms with E-state index < -0.39 is 11.0 Å². The molecule has 1 unspecified atom stereocenters. The van der Waals surface area contributed by atoms with Crippen LogP contribution in [0.4, 0.5) is 0 Å². The van der Waals surface area contributed by atoms with Crippen LogP contribution in [0.25, 0.3) is 0 Å². The number of benzene rings is 1. The van der Waals surface area contributed by atoms with Crippen LogP contribution in [0.15, 0.2) is 22.6 Å². The lowest BCUT2D eigenvalue weighted by atomic mass is 9.90. The smallest absolute Gasteiger partial charge is 0.145 e. The molecule has 0 amide bonds. The summed E-state index contributed by atoms with van der Waals surface area (Å²) >= 11 is 6.20. The zero-order valence-corrected chi connectivity index (χ0v) is 12.6. The van der Waals surface area contributed by atoms with E-state index in [0.29, 0.717) is 0 Å². The van der Waals surface area contributed by atoms with Gasteiger partial charge < -0.3 is 0 Å². The largest absolute Gasteiger partial charge is 0.234 e. The van der Waals surface area contributed by atoms with Crippen LogP contribution in [0.2, 0.25) is 5.02 Å². The first-order valence-corrected chi connectivity index (χ1v) is 7.65. The standard InChI is InChI=1S/C14H18ClNOS/c1-14(2,3)18(17)16-13-9-5-6-10-11(13)7-4-8-12(10)15/h4,7-8H,5-6,9H2,1-3H3/b16-13+. The summed E-state index contributed by atoms with van der Waals surface area (Å²) in [6.45, 7) is 5.82. The molecular weight excluding hydrogens is 266 g/mol. The zero-order chi connectivity index (χ0) is 13.3. The van der Waals surface area contributed by atoms with Crippen LogP contribution < -0.4 is 0 Å². The molecule has 18 heavy (non-hydrogen) atoms. The van der Waals surface area contributed by atoms with Crippen LogP contribution in [0.5, 0.6) is 0 Å². The van der Waals surface area contributed by atoms with Crippen molar-refractivity contribution in [2.45, 2.75) is 44.8 Å². The predicted molar refractivity (Wildman–Crippen MR) is 78.8 cm³/mol. The maximum absolute atomic E-state index is 12.1. The third kappa shape index (κ3) is 2.83. The third-order valence-corrected chi connectivity index (χ3v) is 4.78. The van der Waals surface area contributed by atoms with Crippen LogP contribution in [0.1, 0.15) is 44.7 Å². The van der Waals surface area contributed by atoms with Gasteiger partial charge in [-0.05, 0) is 51.7 Å². The highest BCUT2D eigenvalue weighted by molar-refractivity contribution is 7.85. The van der Waals surface area contributed by atoms with Crippen molar-refractivity contribution in [1.29, 1.82) is 0 Å². The van der Waals surface area contributed by atoms with Crippen molar-refractivity contribution in [2.75, 3.05) is 0 Å². The van der Waals surface area contributed by atoms with E-state index in [1.807, 2.05) is 39.0 Å². The fourth-order valence-corrected chi connectivity index (χ4v) is 2.91. The Balaban J connectivity index is 2.42. The summed E-state index contributed by atoms with van der Waals surface area (Å²) in [4.78, 5) is 0. The molecule has 0 fully saturated rings. The molecule has 98 valence electrons. The van der Waals surface area contributed by atoms with E-state index in [4.69, 9.17) is 11.6 Å². The highest BCUT2D eigenvalue weighted by Crippen LogP contribution is 2.29. The molecule has 4 heteroatoms. The number of nitrogens with zero attached hydrogens (tertiary/aromatic N) is 1. The highest BCUT2D eigenvalue weighted by Gasteiger charge is 2.23. The van der Waals surface area contributed by atoms with E-state index in [1.54, 1.807) is 0 Å². The van der Waals surface area contributed by atoms with E-state index >= 15 is 0 Å². The molecule has 1 aromatic carbocycles. The van der Waals surface area contributed by atoms with Gasteiger partial charge in [0.1, 0.15) is 11.0 Å². The van der Waals surface area contributed by atoms with Gasteiger partial charge in [0.25, 0.3) is 0 Å². The average molecular weight is 284 g/mol. The number of rotatable bonds is 1. The van der Waals surface area contributed by atoms with Gasteiger partial charge in [-0.15, -0.1) is 0 Å². The SMILES string of the molecule is CC(C)(C)S(=O)/N=C1\CCCc2c(Cl)cccc21. The molecule has 1 aliphatic rings. The third-order valence-electron chi connectivity index (χ3n) is 2.99. The highest BCUT2D eigenvalue weighted by atomic mass is 35.5. The van der Waals surface area contributed by atoms with Gasteiger partial charge >= 0.3 is 0 Å². The van der Waals surface area contributed by atoms with Crippen molar-refractivity contribution >= 4 is 28.3 Å². The Kier molecular flexibility index (Phi) is 3.93. The average Bonchev–Trinajstić information content (AvgIpc) is 2.29. The van der Waals surface area contributed by atoms with Crippen molar-refractivity contribution in [3.63, 3.8) is 0 Å². The van der Waals surface area contributed by atoms with Crippen LogP contribution in [-0.4, -0.2) is 14.7 Å². The zero-order valence-electron chi connectivity index (χ0n) is 11.0. The Bertz CT molecular complexity index is 517. The van der Waals surface area contributed by atoms with Gasteiger partial charge in [0.2, 0.25) is 0 Å². The predicted octanol–water partition coefficient (Wildman–Crippen LogP) is 3.93. The first kappa shape index (κ1) is 13.8. The normalized spacial score (nSPS) is 19.7. The van der Waals surface area contributed by atoms with Gasteiger partial charge in [0, 0.05) is 10.6 Å². The minimum Gasteiger partial charge on any atom is -0.234 e. The Hall–Kier alpha value is -0.670. The van der Waals surface area contributed by atoms with Crippen LogP contribution in [0.3, 0.4) is 0 Å². The van der Waals surface area contributed by atoms with E-state index in [9.17, 15) is 4.21 Å². The van der Waals surface area contributed by atoms with Gasteiger partial charge in [-0.3, -0.25) is 0 Å². The molecule has 0 aliphatic heterocycles. The van der Waals surface area contributed by atoms with Gasteiger partial charge in [0.05, 0.1) is 10.5 Å². The Morgan fingerprint density at radius 1 is 1.28 bits per heavy atom. The van der Waals surface area contributed by atoms with Gasteiger partial charge in [0.15, 0.2) is 0 Å². The van der Waals surface area contributed by atoms with Crippen molar-refractivity contribution in [2.24, 2.45) is 4.40 Å². The molecule has 2 rings (SSSR count). The van der Waals surface area contributed by atoms with E-state index in [0.717, 1.165) is 41.1 Å². The van der Waals surface area contributed by atoms with Gasteiger partial charge in [-0.2, -0.15) is 4.40 Å². The van der Waals surface area contributed by atoms with Gasteiger partial charge in [-0.1, -0.05) is 23.7 Å². The topological polar surface area (TPSA) is 29.4 Å². The van der Waals surface area contributed by atoms with E-state index in [2.05, 4.69) is 4.40 Å². The maximum Gasteiger partial charge on any atom is 0.145 e. The first-order chi connectivity index (χ1) is 8.39. The molecule has 0 aromatic heterocycles. The lowest BCUT2D eigenvalue weighted by Gasteiger charge is -2.20. The number of hydrogen-bond donors (Lipinski definition) is 0. The van der Waals surface area contributed by atoms with Crippen molar-refractivity contribution < 1.29 is 4.21 Å². The van der Waals surface area contributed by atoms with E-state index in [-0.39, 0.29) is 4.75 Å². The monoisotopic (exact) mass is 283 g/mol. The Labute approximate surface area is 116 Å². The van der Waals surface area contributed by atoms with E-state index in [1.165, 1.54) is 0 Å². The summed E-state index contributed by atoms with van der Waals surface area (Å²) in [5.41, 5.74) is 3.16. The second-order valence-electron chi connectivity index (χ2n) is 5.52. The first-order valence-electron chi connectivity index (χ1n) is 6.17. The molecule has 1 aromatic rings. The molecule has 0 bridgehead atoms. The second kappa shape index (κ2) is 5.14. The molecule has 1 atom stereocenters. The summed E-state index contributed by atoms with van der Waals surface area (Å²) in [7, 11) is -1.20. The quantitative estimate of drug-likeness (QED) is 0.768. The summed E-state index contributed by atoms with van der Waals surface area (Å²) in [5.74, 6) is 0. The molecule has 2 nitrogen and oxygen atoms in total. The van der Waals surface area contributed by atoms with Gasteiger partial charge in [-0.25, -0.2) is 4.21 Å². The summed E-state index contributed by atoms with van der Waals surface area (Å²) in [6.07, 6.45) is 2.89. The van der Waals surface area contributed by atoms with Crippen molar-refractivity contribution in [3.05, 3.63) is 34.3 Å². The lowest BCUT2D eigenvalue weighted by Crippen LogP contribution is -2.22. The minimum absolute atomic E-state index is 0.316. The van der Waals surface area contributed by atoms with Crippen LogP contribution >= 0.6 is 11.6 Å². The fraction of sp³-hybridized carbons (Fsp3) is 0.500. The lowest BCUT2D eigenvalue weighted by molar-refractivity contribution is 0.650. The Morgan fingerprint density at radius 2 is 2.00 bits per heavy atom. The molecule has 0 saturated carbocycles. The molecule has 0 radical (unpaired) electrons. The summed E-state index contributed by atoms with van der Waals surface area (Å²) in [5, 5.41) is 0.793. The van der Waals surface area contributed by atoms with Crippen molar-refractivity contribution in [3.8, 4) is 0 Å². The molecule has 0 N–H and O–H groups in total. The molecular formula is C14H18ClNOS. The number of fused-ring (bicyclic) bond motifs is 1. The Morgan fingerprint density at radius 3 is 2.67 bits per heavy atom. The van der Waals surface area contributed by atoms with Crippen LogP contribution in [0, 0.1) is 0 Å². The summed E-state index contributed by atoms with van der Waals surface area (Å²) in [6, 6.07) is 5.87. The van der Waals surface area contributed by atoms with Crippen LogP contribution in [-0.2, 0) is 17.4 Å². The molecule has 1 aliphatic carbocycles. The molecule has 0 saturated heterocycles. The summed E-state index contributed by atoms with van der Waals surface area (Å²) < 4.78 is 16.2. The number of halogens is 1. The minimum atomic E-state index is -1.20. The van der Waals surface area contributed by atoms with Crippen molar-refractivity contribution in [1.82, 2.24) is 0 Å². The maximum atomic E-state index is 12.1. The second-order valence-corrected chi connectivity index (χ2v) is 7.83. The number of hydrogen-bond acceptors (Lipinski definition) is 1. The molecule has 0 spiro atoms. The molecule has 0 heterocycles.